The molecule has 0 spiro atoms. The minimum absolute atomic E-state index is 0.0162. The van der Waals surface area contributed by atoms with Crippen LogP contribution >= 0.6 is 0 Å². The van der Waals surface area contributed by atoms with Crippen molar-refractivity contribution in [1.82, 2.24) is 10.7 Å². The fourth-order valence-electron chi connectivity index (χ4n) is 1.86. The third kappa shape index (κ3) is 8.02. The van der Waals surface area contributed by atoms with Crippen LogP contribution in [-0.4, -0.2) is 29.5 Å². The Morgan fingerprint density at radius 3 is 2.40 bits per heavy atom. The van der Waals surface area contributed by atoms with E-state index in [1.807, 2.05) is 30.3 Å². The molecule has 0 radical (unpaired) electrons. The van der Waals surface area contributed by atoms with Gasteiger partial charge in [-0.25, -0.2) is 10.6 Å². The molecule has 9 nitrogen and oxygen atoms in total. The number of esters is 1. The monoisotopic (exact) mass is 351 g/mol. The standard InChI is InChI=1S/C16H25N5O4/c1-16(2,3)25-15(23)19-12(14(20-17)21-18)9-13(22)24-10-11-7-5-4-6-8-11/h4-8,12H,9-10,17-18H2,1-3H3,(H,19,23)(H,20,21). The van der Waals surface area contributed by atoms with E-state index < -0.39 is 23.7 Å². The maximum Gasteiger partial charge on any atom is 0.408 e. The van der Waals surface area contributed by atoms with Gasteiger partial charge < -0.3 is 26.1 Å². The molecule has 0 heterocycles. The van der Waals surface area contributed by atoms with E-state index in [2.05, 4.69) is 15.8 Å². The van der Waals surface area contributed by atoms with Crippen LogP contribution in [0, 0.1) is 0 Å². The highest BCUT2D eigenvalue weighted by atomic mass is 16.6. The molecule has 0 aliphatic rings. The van der Waals surface area contributed by atoms with Gasteiger partial charge in [-0.2, -0.15) is 5.10 Å². The second-order valence-electron chi connectivity index (χ2n) is 6.21. The number of benzene rings is 1. The van der Waals surface area contributed by atoms with Crippen LogP contribution in [0.3, 0.4) is 0 Å². The summed E-state index contributed by atoms with van der Waals surface area (Å²) in [5, 5.41) is 5.92. The van der Waals surface area contributed by atoms with Crippen LogP contribution in [0.2, 0.25) is 0 Å². The molecule has 9 heteroatoms. The van der Waals surface area contributed by atoms with E-state index in [0.29, 0.717) is 0 Å². The SMILES string of the molecule is CC(C)(C)OC(=O)NC(CC(=O)OCc1ccccc1)/C(=N/N)NN. The van der Waals surface area contributed by atoms with Crippen LogP contribution in [0.5, 0.6) is 0 Å². The van der Waals surface area contributed by atoms with Crippen molar-refractivity contribution in [3.05, 3.63) is 35.9 Å². The Morgan fingerprint density at radius 1 is 1.24 bits per heavy atom. The summed E-state index contributed by atoms with van der Waals surface area (Å²) in [6.07, 6.45) is -0.948. The summed E-state index contributed by atoms with van der Waals surface area (Å²) in [5.41, 5.74) is 2.39. The molecule has 0 fully saturated rings. The molecule has 1 amide bonds. The summed E-state index contributed by atoms with van der Waals surface area (Å²) in [6.45, 7) is 5.27. The fourth-order valence-corrected chi connectivity index (χ4v) is 1.86. The minimum atomic E-state index is -0.909. The molecule has 25 heavy (non-hydrogen) atoms. The lowest BCUT2D eigenvalue weighted by molar-refractivity contribution is -0.145. The Hall–Kier alpha value is -2.81. The average Bonchev–Trinajstić information content (AvgIpc) is 2.53. The van der Waals surface area contributed by atoms with Crippen molar-refractivity contribution in [2.24, 2.45) is 16.8 Å². The molecule has 0 bridgehead atoms. The van der Waals surface area contributed by atoms with Gasteiger partial charge in [-0.15, -0.1) is 0 Å². The number of hydrazine groups is 1. The zero-order valence-electron chi connectivity index (χ0n) is 14.6. The second-order valence-corrected chi connectivity index (χ2v) is 6.21. The van der Waals surface area contributed by atoms with Gasteiger partial charge in [0.05, 0.1) is 6.42 Å². The molecule has 6 N–H and O–H groups in total. The van der Waals surface area contributed by atoms with Gasteiger partial charge in [-0.05, 0) is 26.3 Å². The second kappa shape index (κ2) is 9.48. The summed E-state index contributed by atoms with van der Waals surface area (Å²) >= 11 is 0. The normalized spacial score (nSPS) is 12.9. The number of amides is 1. The lowest BCUT2D eigenvalue weighted by Gasteiger charge is -2.23. The minimum Gasteiger partial charge on any atom is -0.461 e. The van der Waals surface area contributed by atoms with Crippen LogP contribution in [-0.2, 0) is 20.9 Å². The highest BCUT2D eigenvalue weighted by Gasteiger charge is 2.25. The number of nitrogens with one attached hydrogen (secondary N) is 2. The predicted octanol–water partition coefficient (Wildman–Crippen LogP) is 0.749. The number of hydrogen-bond acceptors (Lipinski definition) is 7. The van der Waals surface area contributed by atoms with Gasteiger partial charge in [0.15, 0.2) is 5.84 Å². The molecular weight excluding hydrogens is 326 g/mol. The number of nitrogens with zero attached hydrogens (tertiary/aromatic N) is 1. The largest absolute Gasteiger partial charge is 0.461 e. The van der Waals surface area contributed by atoms with Crippen LogP contribution in [0.15, 0.2) is 35.4 Å². The average molecular weight is 351 g/mol. The molecule has 138 valence electrons. The Bertz CT molecular complexity index is 598. The molecule has 1 atom stereocenters. The molecule has 1 unspecified atom stereocenters. The highest BCUT2D eigenvalue weighted by molar-refractivity contribution is 5.92. The number of carbonyl (C=O) groups is 2. The number of nitrogens with two attached hydrogens (primary N) is 2. The summed E-state index contributed by atoms with van der Waals surface area (Å²) in [4.78, 5) is 24.0. The first kappa shape index (κ1) is 20.2. The van der Waals surface area contributed by atoms with Crippen molar-refractivity contribution < 1.29 is 19.1 Å². The Balaban J connectivity index is 2.66. The quantitative estimate of drug-likeness (QED) is 0.195. The van der Waals surface area contributed by atoms with Gasteiger partial charge in [0, 0.05) is 0 Å². The number of amidine groups is 1. The number of rotatable bonds is 6. The smallest absolute Gasteiger partial charge is 0.408 e. The maximum atomic E-state index is 12.1. The number of alkyl carbamates (subject to hydrolysis) is 1. The van der Waals surface area contributed by atoms with E-state index in [-0.39, 0.29) is 18.9 Å². The van der Waals surface area contributed by atoms with Crippen molar-refractivity contribution in [1.29, 1.82) is 0 Å². The van der Waals surface area contributed by atoms with Gasteiger partial charge >= 0.3 is 12.1 Å². The Morgan fingerprint density at radius 2 is 1.88 bits per heavy atom. The van der Waals surface area contributed by atoms with E-state index in [9.17, 15) is 9.59 Å². The summed E-state index contributed by atoms with van der Waals surface area (Å²) < 4.78 is 10.3. The Labute approximate surface area is 146 Å². The number of hydrogen-bond donors (Lipinski definition) is 4. The lowest BCUT2D eigenvalue weighted by atomic mass is 10.2. The third-order valence-electron chi connectivity index (χ3n) is 2.92. The summed E-state index contributed by atoms with van der Waals surface area (Å²) in [5.74, 6) is 10.0. The van der Waals surface area contributed by atoms with Gasteiger partial charge in [0.25, 0.3) is 0 Å². The summed E-state index contributed by atoms with van der Waals surface area (Å²) in [6, 6.07) is 8.30. The van der Waals surface area contributed by atoms with Gasteiger partial charge in [0.1, 0.15) is 18.2 Å². The van der Waals surface area contributed by atoms with E-state index in [1.54, 1.807) is 20.8 Å². The predicted molar refractivity (Wildman–Crippen MR) is 93.0 cm³/mol. The van der Waals surface area contributed by atoms with Crippen molar-refractivity contribution >= 4 is 17.9 Å². The molecule has 0 saturated heterocycles. The molecule has 0 aliphatic heterocycles. The van der Waals surface area contributed by atoms with Gasteiger partial charge in [-0.1, -0.05) is 30.3 Å². The molecular formula is C16H25N5O4. The molecule has 1 aromatic rings. The molecule has 0 aromatic heterocycles. The summed E-state index contributed by atoms with van der Waals surface area (Å²) in [7, 11) is 0. The van der Waals surface area contributed by atoms with E-state index in [4.69, 9.17) is 21.2 Å². The molecule has 0 saturated carbocycles. The van der Waals surface area contributed by atoms with E-state index >= 15 is 0 Å². The van der Waals surface area contributed by atoms with Crippen LogP contribution in [0.1, 0.15) is 32.8 Å². The van der Waals surface area contributed by atoms with Gasteiger partial charge in [0.2, 0.25) is 0 Å². The first-order valence-electron chi connectivity index (χ1n) is 7.68. The number of carbonyl (C=O) groups excluding carboxylic acids is 2. The fraction of sp³-hybridized carbons (Fsp3) is 0.438. The third-order valence-corrected chi connectivity index (χ3v) is 2.92. The van der Waals surface area contributed by atoms with Crippen molar-refractivity contribution in [2.45, 2.75) is 45.4 Å². The van der Waals surface area contributed by atoms with E-state index in [0.717, 1.165) is 5.56 Å². The van der Waals surface area contributed by atoms with Crippen molar-refractivity contribution in [3.8, 4) is 0 Å². The number of ether oxygens (including phenoxy) is 2. The zero-order valence-corrected chi connectivity index (χ0v) is 14.6. The van der Waals surface area contributed by atoms with Crippen LogP contribution < -0.4 is 22.4 Å². The maximum absolute atomic E-state index is 12.1. The molecule has 1 aromatic carbocycles. The van der Waals surface area contributed by atoms with Gasteiger partial charge in [-0.3, -0.25) is 4.79 Å². The lowest BCUT2D eigenvalue weighted by Crippen LogP contribution is -2.51. The molecule has 1 rings (SSSR count). The molecule has 0 aliphatic carbocycles. The van der Waals surface area contributed by atoms with E-state index in [1.165, 1.54) is 0 Å². The first-order chi connectivity index (χ1) is 11.7. The van der Waals surface area contributed by atoms with Crippen LogP contribution in [0.25, 0.3) is 0 Å². The Kier molecular flexibility index (Phi) is 7.67. The number of hydrazone groups is 1. The van der Waals surface area contributed by atoms with Crippen molar-refractivity contribution in [2.75, 3.05) is 0 Å². The zero-order chi connectivity index (χ0) is 18.9. The van der Waals surface area contributed by atoms with Crippen LogP contribution in [0.4, 0.5) is 4.79 Å². The van der Waals surface area contributed by atoms with Crippen molar-refractivity contribution in [3.63, 3.8) is 0 Å². The highest BCUT2D eigenvalue weighted by Crippen LogP contribution is 2.08. The first-order valence-corrected chi connectivity index (χ1v) is 7.68. The topological polar surface area (TPSA) is 141 Å².